The third-order valence-corrected chi connectivity index (χ3v) is 4.23. The molecule has 2 nitrogen and oxygen atoms in total. The maximum Gasteiger partial charge on any atom is 0.0406 e. The molecule has 0 aromatic heterocycles. The third kappa shape index (κ3) is 5.43. The Bertz CT molecular complexity index is 386. The Balaban J connectivity index is 1.86. The molecule has 0 bridgehead atoms. The fraction of sp³-hybridized carbons (Fsp3) is 0.647. The van der Waals surface area contributed by atoms with Gasteiger partial charge in [-0.25, -0.2) is 0 Å². The first-order valence-electron chi connectivity index (χ1n) is 7.86. The number of hydrogen-bond donors (Lipinski definition) is 1. The van der Waals surface area contributed by atoms with E-state index in [2.05, 4.69) is 36.3 Å². The second kappa shape index (κ2) is 8.02. The molecule has 0 aliphatic heterocycles. The van der Waals surface area contributed by atoms with Gasteiger partial charge in [0.25, 0.3) is 0 Å². The largest absolute Gasteiger partial charge is 0.310 e. The molecular weight excluding hydrogens is 268 g/mol. The first-order chi connectivity index (χ1) is 9.69. The van der Waals surface area contributed by atoms with Gasteiger partial charge in [0.15, 0.2) is 0 Å². The van der Waals surface area contributed by atoms with Crippen molar-refractivity contribution in [3.63, 3.8) is 0 Å². The van der Waals surface area contributed by atoms with Crippen molar-refractivity contribution in [3.8, 4) is 0 Å². The molecule has 1 unspecified atom stereocenters. The summed E-state index contributed by atoms with van der Waals surface area (Å²) >= 11 is 5.98. The van der Waals surface area contributed by atoms with E-state index in [9.17, 15) is 0 Å². The molecule has 0 amide bonds. The highest BCUT2D eigenvalue weighted by Gasteiger charge is 2.23. The van der Waals surface area contributed by atoms with Crippen molar-refractivity contribution in [3.05, 3.63) is 34.9 Å². The molecule has 3 heteroatoms. The standard InChI is InChI=1S/C17H27ClN2/c1-3-11-19-17(15-6-8-16(18)9-7-15)10-12-20(2)13-14-4-5-14/h6-9,14,17,19H,3-5,10-13H2,1-2H3. The predicted octanol–water partition coefficient (Wildman–Crippen LogP) is 4.11. The van der Waals surface area contributed by atoms with Crippen LogP contribution in [0.2, 0.25) is 5.02 Å². The van der Waals surface area contributed by atoms with E-state index in [4.69, 9.17) is 11.6 Å². The SMILES string of the molecule is CCCNC(CCN(C)CC1CC1)c1ccc(Cl)cc1. The highest BCUT2D eigenvalue weighted by molar-refractivity contribution is 6.30. The van der Waals surface area contributed by atoms with Gasteiger partial charge in [-0.1, -0.05) is 30.7 Å². The summed E-state index contributed by atoms with van der Waals surface area (Å²) in [6.45, 7) is 5.70. The Morgan fingerprint density at radius 3 is 2.60 bits per heavy atom. The van der Waals surface area contributed by atoms with E-state index in [-0.39, 0.29) is 0 Å². The molecular formula is C17H27ClN2. The smallest absolute Gasteiger partial charge is 0.0406 e. The summed E-state index contributed by atoms with van der Waals surface area (Å²) in [5, 5.41) is 4.47. The Kier molecular flexibility index (Phi) is 6.34. The molecule has 1 N–H and O–H groups in total. The van der Waals surface area contributed by atoms with Crippen LogP contribution >= 0.6 is 11.6 Å². The quantitative estimate of drug-likeness (QED) is 0.737. The Morgan fingerprint density at radius 1 is 1.30 bits per heavy atom. The first-order valence-corrected chi connectivity index (χ1v) is 8.24. The third-order valence-electron chi connectivity index (χ3n) is 3.98. The molecule has 1 aromatic carbocycles. The fourth-order valence-corrected chi connectivity index (χ4v) is 2.71. The zero-order valence-electron chi connectivity index (χ0n) is 12.7. The molecule has 0 radical (unpaired) electrons. The summed E-state index contributed by atoms with van der Waals surface area (Å²) in [4.78, 5) is 2.48. The highest BCUT2D eigenvalue weighted by Crippen LogP contribution is 2.29. The monoisotopic (exact) mass is 294 g/mol. The molecule has 112 valence electrons. The van der Waals surface area contributed by atoms with Crippen molar-refractivity contribution in [1.29, 1.82) is 0 Å². The summed E-state index contributed by atoms with van der Waals surface area (Å²) in [6.07, 6.45) is 5.19. The van der Waals surface area contributed by atoms with Crippen LogP contribution in [-0.4, -0.2) is 31.6 Å². The van der Waals surface area contributed by atoms with E-state index in [1.807, 2.05) is 12.1 Å². The van der Waals surface area contributed by atoms with Crippen LogP contribution in [0.15, 0.2) is 24.3 Å². The summed E-state index contributed by atoms with van der Waals surface area (Å²) in [6, 6.07) is 8.72. The minimum Gasteiger partial charge on any atom is -0.310 e. The number of rotatable bonds is 9. The second-order valence-electron chi connectivity index (χ2n) is 6.05. The van der Waals surface area contributed by atoms with Crippen molar-refractivity contribution in [2.75, 3.05) is 26.7 Å². The molecule has 0 heterocycles. The number of halogens is 1. The van der Waals surface area contributed by atoms with Gasteiger partial charge >= 0.3 is 0 Å². The normalized spacial score (nSPS) is 16.6. The zero-order chi connectivity index (χ0) is 14.4. The Labute approximate surface area is 128 Å². The molecule has 20 heavy (non-hydrogen) atoms. The number of benzene rings is 1. The van der Waals surface area contributed by atoms with Gasteiger partial charge in [0.2, 0.25) is 0 Å². The average Bonchev–Trinajstić information content (AvgIpc) is 3.24. The summed E-state index contributed by atoms with van der Waals surface area (Å²) in [7, 11) is 2.25. The van der Waals surface area contributed by atoms with Crippen LogP contribution in [0.1, 0.15) is 44.2 Å². The number of nitrogens with zero attached hydrogens (tertiary/aromatic N) is 1. The molecule has 1 aromatic rings. The van der Waals surface area contributed by atoms with Crippen LogP contribution in [-0.2, 0) is 0 Å². The molecule has 0 spiro atoms. The highest BCUT2D eigenvalue weighted by atomic mass is 35.5. The van der Waals surface area contributed by atoms with Crippen molar-refractivity contribution in [2.45, 2.75) is 38.6 Å². The van der Waals surface area contributed by atoms with E-state index >= 15 is 0 Å². The van der Waals surface area contributed by atoms with Crippen LogP contribution in [0, 0.1) is 5.92 Å². The molecule has 2 rings (SSSR count). The minimum atomic E-state index is 0.439. The lowest BCUT2D eigenvalue weighted by Gasteiger charge is -2.23. The summed E-state index contributed by atoms with van der Waals surface area (Å²) in [5.41, 5.74) is 1.35. The van der Waals surface area contributed by atoms with E-state index in [1.165, 1.54) is 31.4 Å². The Hall–Kier alpha value is -0.570. The predicted molar refractivity (Wildman–Crippen MR) is 87.3 cm³/mol. The lowest BCUT2D eigenvalue weighted by molar-refractivity contribution is 0.296. The van der Waals surface area contributed by atoms with Gasteiger partial charge in [0, 0.05) is 17.6 Å². The van der Waals surface area contributed by atoms with Crippen LogP contribution < -0.4 is 5.32 Å². The number of nitrogens with one attached hydrogen (secondary N) is 1. The van der Waals surface area contributed by atoms with Crippen LogP contribution in [0.25, 0.3) is 0 Å². The van der Waals surface area contributed by atoms with E-state index < -0.39 is 0 Å². The van der Waals surface area contributed by atoms with Crippen molar-refractivity contribution in [2.24, 2.45) is 5.92 Å². The second-order valence-corrected chi connectivity index (χ2v) is 6.49. The maximum atomic E-state index is 5.98. The summed E-state index contributed by atoms with van der Waals surface area (Å²) < 4.78 is 0. The Morgan fingerprint density at radius 2 is 2.00 bits per heavy atom. The van der Waals surface area contributed by atoms with Crippen LogP contribution in [0.4, 0.5) is 0 Å². The van der Waals surface area contributed by atoms with Crippen LogP contribution in [0.5, 0.6) is 0 Å². The lowest BCUT2D eigenvalue weighted by atomic mass is 10.0. The topological polar surface area (TPSA) is 15.3 Å². The van der Waals surface area contributed by atoms with Gasteiger partial charge in [-0.2, -0.15) is 0 Å². The lowest BCUT2D eigenvalue weighted by Crippen LogP contribution is -2.29. The first kappa shape index (κ1) is 15.8. The van der Waals surface area contributed by atoms with Crippen molar-refractivity contribution in [1.82, 2.24) is 10.2 Å². The molecule has 1 atom stereocenters. The molecule has 1 saturated carbocycles. The average molecular weight is 295 g/mol. The number of hydrogen-bond acceptors (Lipinski definition) is 2. The fourth-order valence-electron chi connectivity index (χ4n) is 2.58. The molecule has 1 fully saturated rings. The molecule has 0 saturated heterocycles. The van der Waals surface area contributed by atoms with Gasteiger partial charge in [-0.3, -0.25) is 0 Å². The van der Waals surface area contributed by atoms with Gasteiger partial charge in [-0.15, -0.1) is 0 Å². The maximum absolute atomic E-state index is 5.98. The van der Waals surface area contributed by atoms with Gasteiger partial charge < -0.3 is 10.2 Å². The van der Waals surface area contributed by atoms with E-state index in [0.29, 0.717) is 6.04 Å². The van der Waals surface area contributed by atoms with Gasteiger partial charge in [0.05, 0.1) is 0 Å². The van der Waals surface area contributed by atoms with Crippen LogP contribution in [0.3, 0.4) is 0 Å². The van der Waals surface area contributed by atoms with E-state index in [1.54, 1.807) is 0 Å². The van der Waals surface area contributed by atoms with Crippen molar-refractivity contribution < 1.29 is 0 Å². The van der Waals surface area contributed by atoms with Crippen molar-refractivity contribution >= 4 is 11.6 Å². The molecule has 1 aliphatic carbocycles. The zero-order valence-corrected chi connectivity index (χ0v) is 13.5. The van der Waals surface area contributed by atoms with E-state index in [0.717, 1.165) is 30.5 Å². The van der Waals surface area contributed by atoms with Gasteiger partial charge in [0.1, 0.15) is 0 Å². The minimum absolute atomic E-state index is 0.439. The molecule has 1 aliphatic rings. The summed E-state index contributed by atoms with van der Waals surface area (Å²) in [5.74, 6) is 0.970. The van der Waals surface area contributed by atoms with Gasteiger partial charge in [-0.05, 0) is 69.4 Å².